The molecule has 3 N–H and O–H groups in total. The van der Waals surface area contributed by atoms with Gasteiger partial charge in [0.2, 0.25) is 11.8 Å². The van der Waals surface area contributed by atoms with Gasteiger partial charge >= 0.3 is 0 Å². The van der Waals surface area contributed by atoms with Gasteiger partial charge in [0.25, 0.3) is 0 Å². The molecule has 0 aliphatic heterocycles. The molecule has 0 spiro atoms. The van der Waals surface area contributed by atoms with Crippen molar-refractivity contribution in [3.63, 3.8) is 0 Å². The summed E-state index contributed by atoms with van der Waals surface area (Å²) in [7, 11) is 1.70. The summed E-state index contributed by atoms with van der Waals surface area (Å²) in [6, 6.07) is 9.24. The first-order valence-electron chi connectivity index (χ1n) is 6.25. The number of amides is 2. The second kappa shape index (κ2) is 6.89. The molecule has 1 rings (SSSR count). The number of hydrogen-bond acceptors (Lipinski definition) is 3. The van der Waals surface area contributed by atoms with Crippen LogP contribution in [0.2, 0.25) is 0 Å². The van der Waals surface area contributed by atoms with E-state index in [1.165, 1.54) is 0 Å². The third-order valence-corrected chi connectivity index (χ3v) is 3.10. The summed E-state index contributed by atoms with van der Waals surface area (Å²) in [4.78, 5) is 24.5. The van der Waals surface area contributed by atoms with Crippen LogP contribution in [-0.4, -0.2) is 36.3 Å². The highest BCUT2D eigenvalue weighted by molar-refractivity contribution is 5.83. The molecule has 0 unspecified atom stereocenters. The van der Waals surface area contributed by atoms with Gasteiger partial charge in [0.1, 0.15) is 0 Å². The largest absolute Gasteiger partial charge is 0.369 e. The van der Waals surface area contributed by atoms with E-state index in [1.54, 1.807) is 18.9 Å². The second-order valence-electron chi connectivity index (χ2n) is 4.70. The van der Waals surface area contributed by atoms with Gasteiger partial charge in [-0.2, -0.15) is 0 Å². The van der Waals surface area contributed by atoms with Gasteiger partial charge in [-0.15, -0.1) is 0 Å². The van der Waals surface area contributed by atoms with E-state index in [2.05, 4.69) is 5.32 Å². The fourth-order valence-electron chi connectivity index (χ4n) is 1.74. The van der Waals surface area contributed by atoms with Crippen molar-refractivity contribution >= 4 is 11.8 Å². The molecule has 5 heteroatoms. The first kappa shape index (κ1) is 15.2. The first-order chi connectivity index (χ1) is 8.91. The lowest BCUT2D eigenvalue weighted by Gasteiger charge is -2.24. The number of carbonyl (C=O) groups excluding carboxylic acids is 2. The summed E-state index contributed by atoms with van der Waals surface area (Å²) >= 11 is 0. The Morgan fingerprint density at radius 1 is 1.26 bits per heavy atom. The van der Waals surface area contributed by atoms with Gasteiger partial charge in [-0.05, 0) is 26.5 Å². The van der Waals surface area contributed by atoms with E-state index >= 15 is 0 Å². The topological polar surface area (TPSA) is 75.4 Å². The monoisotopic (exact) mass is 263 g/mol. The van der Waals surface area contributed by atoms with Gasteiger partial charge in [-0.1, -0.05) is 30.3 Å². The summed E-state index contributed by atoms with van der Waals surface area (Å²) in [5.74, 6) is -0.571. The van der Waals surface area contributed by atoms with Crippen LogP contribution in [0.4, 0.5) is 0 Å². The molecule has 0 bridgehead atoms. The number of nitrogens with zero attached hydrogens (tertiary/aromatic N) is 1. The van der Waals surface area contributed by atoms with Crippen molar-refractivity contribution in [2.75, 3.05) is 13.6 Å². The van der Waals surface area contributed by atoms with Crippen LogP contribution in [0, 0.1) is 0 Å². The molecular weight excluding hydrogens is 242 g/mol. The Morgan fingerprint density at radius 2 is 1.84 bits per heavy atom. The van der Waals surface area contributed by atoms with Gasteiger partial charge in [0.15, 0.2) is 0 Å². The zero-order chi connectivity index (χ0) is 14.4. The molecule has 0 fully saturated rings. The lowest BCUT2D eigenvalue weighted by Crippen LogP contribution is -2.46. The molecular formula is C14H21N3O2. The molecule has 1 aromatic rings. The van der Waals surface area contributed by atoms with Crippen LogP contribution in [0.25, 0.3) is 0 Å². The third kappa shape index (κ3) is 4.71. The molecule has 0 aliphatic carbocycles. The normalized spacial score (nSPS) is 13.9. The minimum absolute atomic E-state index is 0.0638. The van der Waals surface area contributed by atoms with Crippen molar-refractivity contribution < 1.29 is 9.59 Å². The van der Waals surface area contributed by atoms with Crippen molar-refractivity contribution in [1.82, 2.24) is 10.2 Å². The van der Waals surface area contributed by atoms with Crippen LogP contribution < -0.4 is 11.1 Å². The standard InChI is InChI=1S/C14H21N3O2/c1-10(12-7-5-4-6-8-12)16-14(19)11(2)17(3)9-13(15)18/h4-8,10-11H,9H2,1-3H3,(H2,15,18)(H,16,19)/t10-,11+/m0/s1. The Kier molecular flexibility index (Phi) is 5.51. The number of nitrogens with one attached hydrogen (secondary N) is 1. The average Bonchev–Trinajstić information content (AvgIpc) is 2.37. The van der Waals surface area contributed by atoms with E-state index in [0.29, 0.717) is 0 Å². The molecule has 0 saturated heterocycles. The summed E-state index contributed by atoms with van der Waals surface area (Å²) in [5.41, 5.74) is 6.15. The van der Waals surface area contributed by atoms with Crippen LogP contribution in [0.5, 0.6) is 0 Å². The Morgan fingerprint density at radius 3 is 2.37 bits per heavy atom. The fourth-order valence-corrected chi connectivity index (χ4v) is 1.74. The second-order valence-corrected chi connectivity index (χ2v) is 4.70. The Hall–Kier alpha value is -1.88. The molecule has 0 radical (unpaired) electrons. The molecule has 0 saturated carbocycles. The van der Waals surface area contributed by atoms with Crippen molar-refractivity contribution in [1.29, 1.82) is 0 Å². The summed E-state index contributed by atoms with van der Waals surface area (Å²) in [5, 5.41) is 2.92. The van der Waals surface area contributed by atoms with E-state index in [1.807, 2.05) is 37.3 Å². The molecule has 0 aromatic heterocycles. The quantitative estimate of drug-likeness (QED) is 0.792. The maximum Gasteiger partial charge on any atom is 0.237 e. The number of likely N-dealkylation sites (N-methyl/N-ethyl adjacent to an activating group) is 1. The van der Waals surface area contributed by atoms with E-state index in [-0.39, 0.29) is 18.5 Å². The molecule has 104 valence electrons. The van der Waals surface area contributed by atoms with E-state index < -0.39 is 11.9 Å². The lowest BCUT2D eigenvalue weighted by molar-refractivity contribution is -0.127. The van der Waals surface area contributed by atoms with Gasteiger partial charge in [-0.3, -0.25) is 14.5 Å². The first-order valence-corrected chi connectivity index (χ1v) is 6.25. The SMILES string of the molecule is C[C@H](NC(=O)[C@@H](C)N(C)CC(N)=O)c1ccccc1. The highest BCUT2D eigenvalue weighted by Crippen LogP contribution is 2.11. The highest BCUT2D eigenvalue weighted by atomic mass is 16.2. The van der Waals surface area contributed by atoms with Gasteiger partial charge in [0.05, 0.1) is 18.6 Å². The Balaban J connectivity index is 2.57. The van der Waals surface area contributed by atoms with Crippen molar-refractivity contribution in [2.45, 2.75) is 25.9 Å². The molecule has 5 nitrogen and oxygen atoms in total. The van der Waals surface area contributed by atoms with E-state index in [9.17, 15) is 9.59 Å². The molecule has 2 atom stereocenters. The molecule has 1 aromatic carbocycles. The van der Waals surface area contributed by atoms with Gasteiger partial charge in [0, 0.05) is 0 Å². The minimum atomic E-state index is -0.446. The third-order valence-electron chi connectivity index (χ3n) is 3.10. The lowest BCUT2D eigenvalue weighted by atomic mass is 10.1. The maximum absolute atomic E-state index is 12.0. The highest BCUT2D eigenvalue weighted by Gasteiger charge is 2.20. The maximum atomic E-state index is 12.0. The van der Waals surface area contributed by atoms with Gasteiger partial charge in [-0.25, -0.2) is 0 Å². The van der Waals surface area contributed by atoms with Crippen LogP contribution in [0.15, 0.2) is 30.3 Å². The number of carbonyl (C=O) groups is 2. The fraction of sp³-hybridized carbons (Fsp3) is 0.429. The van der Waals surface area contributed by atoms with Crippen LogP contribution >= 0.6 is 0 Å². The zero-order valence-corrected chi connectivity index (χ0v) is 11.6. The Labute approximate surface area is 113 Å². The predicted octanol–water partition coefficient (Wildman–Crippen LogP) is 0.669. The number of benzene rings is 1. The average molecular weight is 263 g/mol. The smallest absolute Gasteiger partial charge is 0.237 e. The van der Waals surface area contributed by atoms with Gasteiger partial charge < -0.3 is 11.1 Å². The van der Waals surface area contributed by atoms with Crippen LogP contribution in [-0.2, 0) is 9.59 Å². The van der Waals surface area contributed by atoms with Crippen molar-refractivity contribution in [3.8, 4) is 0 Å². The number of primary amides is 1. The summed E-state index contributed by atoms with van der Waals surface area (Å²) < 4.78 is 0. The predicted molar refractivity (Wildman–Crippen MR) is 74.3 cm³/mol. The number of rotatable bonds is 6. The number of nitrogens with two attached hydrogens (primary N) is 1. The van der Waals surface area contributed by atoms with Crippen LogP contribution in [0.3, 0.4) is 0 Å². The van der Waals surface area contributed by atoms with E-state index in [4.69, 9.17) is 5.73 Å². The molecule has 0 aliphatic rings. The Bertz CT molecular complexity index is 434. The molecule has 2 amide bonds. The zero-order valence-electron chi connectivity index (χ0n) is 11.6. The number of hydrogen-bond donors (Lipinski definition) is 2. The molecule has 19 heavy (non-hydrogen) atoms. The molecule has 0 heterocycles. The van der Waals surface area contributed by atoms with Crippen molar-refractivity contribution in [2.24, 2.45) is 5.73 Å². The summed E-state index contributed by atoms with van der Waals surface area (Å²) in [6.45, 7) is 3.73. The van der Waals surface area contributed by atoms with Crippen LogP contribution in [0.1, 0.15) is 25.5 Å². The summed E-state index contributed by atoms with van der Waals surface area (Å²) in [6.07, 6.45) is 0. The van der Waals surface area contributed by atoms with Crippen molar-refractivity contribution in [3.05, 3.63) is 35.9 Å². The minimum Gasteiger partial charge on any atom is -0.369 e. The van der Waals surface area contributed by atoms with E-state index in [0.717, 1.165) is 5.56 Å².